The van der Waals surface area contributed by atoms with Crippen molar-refractivity contribution in [3.63, 3.8) is 0 Å². The average molecular weight is 265 g/mol. The molecule has 0 aliphatic carbocycles. The van der Waals surface area contributed by atoms with Crippen LogP contribution in [0.1, 0.15) is 31.7 Å². The monoisotopic (exact) mass is 265 g/mol. The number of hydrogen-bond acceptors (Lipinski definition) is 3. The molecule has 0 saturated carbocycles. The number of ether oxygens (including phenoxy) is 2. The highest BCUT2D eigenvalue weighted by molar-refractivity contribution is 5.25. The third kappa shape index (κ3) is 4.94. The minimum absolute atomic E-state index is 0.0892. The molecule has 0 radical (unpaired) electrons. The van der Waals surface area contributed by atoms with Crippen LogP contribution < -0.4 is 5.73 Å². The normalized spacial score (nSPS) is 14.3. The first-order valence-electron chi connectivity index (χ1n) is 7.11. The van der Waals surface area contributed by atoms with E-state index >= 15 is 0 Å². The van der Waals surface area contributed by atoms with Gasteiger partial charge in [0.2, 0.25) is 0 Å². The summed E-state index contributed by atoms with van der Waals surface area (Å²) in [7, 11) is 1.69. The first-order chi connectivity index (χ1) is 9.29. The van der Waals surface area contributed by atoms with Gasteiger partial charge in [-0.05, 0) is 24.8 Å². The van der Waals surface area contributed by atoms with E-state index in [1.807, 2.05) is 6.07 Å². The van der Waals surface area contributed by atoms with Gasteiger partial charge in [0, 0.05) is 25.7 Å². The molecule has 0 fully saturated rings. The topological polar surface area (TPSA) is 44.5 Å². The van der Waals surface area contributed by atoms with Crippen molar-refractivity contribution in [2.75, 3.05) is 33.5 Å². The highest BCUT2D eigenvalue weighted by atomic mass is 16.5. The van der Waals surface area contributed by atoms with Crippen LogP contribution in [0.25, 0.3) is 0 Å². The van der Waals surface area contributed by atoms with E-state index < -0.39 is 0 Å². The van der Waals surface area contributed by atoms with Crippen LogP contribution >= 0.6 is 0 Å². The first kappa shape index (κ1) is 16.2. The van der Waals surface area contributed by atoms with Crippen molar-refractivity contribution < 1.29 is 9.47 Å². The van der Waals surface area contributed by atoms with Gasteiger partial charge in [0.1, 0.15) is 0 Å². The van der Waals surface area contributed by atoms with Crippen molar-refractivity contribution in [2.24, 2.45) is 5.73 Å². The van der Waals surface area contributed by atoms with Crippen molar-refractivity contribution in [2.45, 2.75) is 31.6 Å². The summed E-state index contributed by atoms with van der Waals surface area (Å²) in [5.41, 5.74) is 7.49. The Labute approximate surface area is 117 Å². The van der Waals surface area contributed by atoms with Gasteiger partial charge in [-0.15, -0.1) is 0 Å². The van der Waals surface area contributed by atoms with Crippen LogP contribution in [0.15, 0.2) is 30.3 Å². The average Bonchev–Trinajstić information content (AvgIpc) is 2.48. The Morgan fingerprint density at radius 3 is 2.42 bits per heavy atom. The fourth-order valence-corrected chi connectivity index (χ4v) is 2.44. The maximum absolute atomic E-state index is 6.05. The number of hydrogen-bond donors (Lipinski definition) is 1. The van der Waals surface area contributed by atoms with E-state index in [-0.39, 0.29) is 5.41 Å². The Balaban J connectivity index is 2.48. The maximum atomic E-state index is 6.05. The van der Waals surface area contributed by atoms with Crippen molar-refractivity contribution in [3.05, 3.63) is 35.9 Å². The van der Waals surface area contributed by atoms with Crippen molar-refractivity contribution in [1.82, 2.24) is 0 Å². The number of rotatable bonds is 10. The molecule has 0 spiro atoms. The number of benzene rings is 1. The molecule has 0 saturated heterocycles. The summed E-state index contributed by atoms with van der Waals surface area (Å²) in [6.45, 7) is 5.01. The van der Waals surface area contributed by atoms with Crippen LogP contribution in [-0.4, -0.2) is 33.5 Å². The molecular formula is C16H27NO2. The summed E-state index contributed by atoms with van der Waals surface area (Å²) in [6, 6.07) is 10.6. The molecule has 0 aliphatic rings. The van der Waals surface area contributed by atoms with Crippen LogP contribution in [-0.2, 0) is 14.9 Å². The molecule has 0 heterocycles. The van der Waals surface area contributed by atoms with E-state index in [0.29, 0.717) is 19.8 Å². The quantitative estimate of drug-likeness (QED) is 0.662. The van der Waals surface area contributed by atoms with Gasteiger partial charge in [0.05, 0.1) is 13.2 Å². The van der Waals surface area contributed by atoms with E-state index in [1.54, 1.807) is 7.11 Å². The zero-order valence-corrected chi connectivity index (χ0v) is 12.2. The molecule has 3 nitrogen and oxygen atoms in total. The fraction of sp³-hybridized carbons (Fsp3) is 0.625. The van der Waals surface area contributed by atoms with Gasteiger partial charge in [-0.25, -0.2) is 0 Å². The summed E-state index contributed by atoms with van der Waals surface area (Å²) in [6.07, 6.45) is 3.16. The lowest BCUT2D eigenvalue weighted by molar-refractivity contribution is 0.0663. The Hall–Kier alpha value is -0.900. The molecule has 1 aromatic rings. The molecule has 1 atom stereocenters. The van der Waals surface area contributed by atoms with E-state index in [2.05, 4.69) is 31.2 Å². The van der Waals surface area contributed by atoms with Gasteiger partial charge in [0.15, 0.2) is 0 Å². The molecule has 0 amide bonds. The van der Waals surface area contributed by atoms with Crippen LogP contribution in [0.2, 0.25) is 0 Å². The zero-order valence-electron chi connectivity index (χ0n) is 12.2. The van der Waals surface area contributed by atoms with E-state index in [4.69, 9.17) is 15.2 Å². The van der Waals surface area contributed by atoms with Gasteiger partial charge < -0.3 is 15.2 Å². The summed E-state index contributed by atoms with van der Waals surface area (Å²) in [4.78, 5) is 0. The van der Waals surface area contributed by atoms with E-state index in [9.17, 15) is 0 Å². The molecule has 2 N–H and O–H groups in total. The highest BCUT2D eigenvalue weighted by Crippen LogP contribution is 2.31. The van der Waals surface area contributed by atoms with Crippen molar-refractivity contribution >= 4 is 0 Å². The molecule has 3 heteroatoms. The second-order valence-electron chi connectivity index (χ2n) is 4.91. The molecule has 1 aromatic carbocycles. The van der Waals surface area contributed by atoms with Gasteiger partial charge in [-0.2, -0.15) is 0 Å². The van der Waals surface area contributed by atoms with Crippen LogP contribution in [0, 0.1) is 0 Å². The zero-order chi connectivity index (χ0) is 14.0. The lowest BCUT2D eigenvalue weighted by Crippen LogP contribution is -2.34. The molecule has 0 bridgehead atoms. The minimum Gasteiger partial charge on any atom is -0.382 e. The van der Waals surface area contributed by atoms with Gasteiger partial charge in [0.25, 0.3) is 0 Å². The smallest absolute Gasteiger partial charge is 0.0700 e. The lowest BCUT2D eigenvalue weighted by atomic mass is 9.74. The van der Waals surface area contributed by atoms with Gasteiger partial charge in [-0.1, -0.05) is 37.3 Å². The summed E-state index contributed by atoms with van der Waals surface area (Å²) < 4.78 is 10.5. The second kappa shape index (κ2) is 9.08. The number of nitrogens with two attached hydrogens (primary N) is 1. The lowest BCUT2D eigenvalue weighted by Gasteiger charge is -2.32. The molecule has 108 valence electrons. The molecule has 0 aromatic heterocycles. The van der Waals surface area contributed by atoms with Crippen LogP contribution in [0.5, 0.6) is 0 Å². The molecule has 19 heavy (non-hydrogen) atoms. The maximum Gasteiger partial charge on any atom is 0.0700 e. The molecule has 0 aliphatic heterocycles. The van der Waals surface area contributed by atoms with E-state index in [0.717, 1.165) is 25.9 Å². The van der Waals surface area contributed by atoms with Crippen LogP contribution in [0.3, 0.4) is 0 Å². The predicted molar refractivity (Wildman–Crippen MR) is 79.4 cm³/mol. The first-order valence-corrected chi connectivity index (χ1v) is 7.11. The summed E-state index contributed by atoms with van der Waals surface area (Å²) >= 11 is 0. The largest absolute Gasteiger partial charge is 0.382 e. The Morgan fingerprint density at radius 1 is 1.11 bits per heavy atom. The van der Waals surface area contributed by atoms with Crippen LogP contribution in [0.4, 0.5) is 0 Å². The fourth-order valence-electron chi connectivity index (χ4n) is 2.44. The predicted octanol–water partition coefficient (Wildman–Crippen LogP) is 2.74. The van der Waals surface area contributed by atoms with Gasteiger partial charge >= 0.3 is 0 Å². The standard InChI is InChI=1S/C16H27NO2/c1-3-16(14-17,15-8-5-4-6-9-15)10-7-11-19-13-12-18-2/h4-6,8-9H,3,7,10-14,17H2,1-2H3. The van der Waals surface area contributed by atoms with Crippen molar-refractivity contribution in [1.29, 1.82) is 0 Å². The SMILES string of the molecule is CCC(CN)(CCCOCCOC)c1ccccc1. The van der Waals surface area contributed by atoms with Gasteiger partial charge in [-0.3, -0.25) is 0 Å². The third-order valence-corrected chi connectivity index (χ3v) is 3.83. The third-order valence-electron chi connectivity index (χ3n) is 3.83. The molecular weight excluding hydrogens is 238 g/mol. The number of methoxy groups -OCH3 is 1. The molecule has 1 unspecified atom stereocenters. The minimum atomic E-state index is 0.0892. The Bertz CT molecular complexity index is 323. The Morgan fingerprint density at radius 2 is 1.84 bits per heavy atom. The highest BCUT2D eigenvalue weighted by Gasteiger charge is 2.27. The van der Waals surface area contributed by atoms with E-state index in [1.165, 1.54) is 5.56 Å². The summed E-state index contributed by atoms with van der Waals surface area (Å²) in [5, 5.41) is 0. The Kier molecular flexibility index (Phi) is 7.72. The van der Waals surface area contributed by atoms with Crippen molar-refractivity contribution in [3.8, 4) is 0 Å². The summed E-state index contributed by atoms with van der Waals surface area (Å²) in [5.74, 6) is 0. The molecule has 1 rings (SSSR count). The second-order valence-corrected chi connectivity index (χ2v) is 4.91.